The lowest BCUT2D eigenvalue weighted by Crippen LogP contribution is -2.37. The molecule has 0 spiro atoms. The van der Waals surface area contributed by atoms with Gasteiger partial charge >= 0.3 is 5.97 Å². The average Bonchev–Trinajstić information content (AvgIpc) is 3.25. The van der Waals surface area contributed by atoms with Crippen LogP contribution in [0.15, 0.2) is 23.2 Å². The van der Waals surface area contributed by atoms with Crippen LogP contribution in [0, 0.1) is 0 Å². The smallest absolute Gasteiger partial charge is 0.303 e. The molecule has 0 saturated carbocycles. The molecule has 0 aromatic heterocycles. The Morgan fingerprint density at radius 2 is 2.00 bits per heavy atom. The molecule has 3 aliphatic rings. The third-order valence-electron chi connectivity index (χ3n) is 4.70. The molecule has 28 heavy (non-hydrogen) atoms. The monoisotopic (exact) mass is 426 g/mol. The molecule has 1 amide bonds. The van der Waals surface area contributed by atoms with Crippen LogP contribution in [0.3, 0.4) is 0 Å². The first-order valence-corrected chi connectivity index (χ1v) is 11.4. The predicted octanol–water partition coefficient (Wildman–Crippen LogP) is 1.27. The molecule has 1 N–H and O–H groups in total. The second kappa shape index (κ2) is 7.28. The minimum Gasteiger partial charge on any atom is -0.481 e. The van der Waals surface area contributed by atoms with Gasteiger partial charge < -0.3 is 19.5 Å². The van der Waals surface area contributed by atoms with Crippen molar-refractivity contribution in [2.75, 3.05) is 23.2 Å². The molecular formula is C17H18N2O7S2. The van der Waals surface area contributed by atoms with E-state index in [1.165, 1.54) is 11.8 Å². The van der Waals surface area contributed by atoms with Crippen LogP contribution in [0.25, 0.3) is 0 Å². The van der Waals surface area contributed by atoms with E-state index in [0.29, 0.717) is 22.4 Å². The molecule has 4 rings (SSSR count). The molecule has 3 aliphatic heterocycles. The van der Waals surface area contributed by atoms with Crippen LogP contribution in [0.4, 0.5) is 5.69 Å². The highest BCUT2D eigenvalue weighted by Gasteiger charge is 2.49. The Hall–Kier alpha value is -2.27. The lowest BCUT2D eigenvalue weighted by atomic mass is 10.2. The summed E-state index contributed by atoms with van der Waals surface area (Å²) in [7, 11) is -3.16. The molecule has 0 aliphatic carbocycles. The third-order valence-corrected chi connectivity index (χ3v) is 7.91. The van der Waals surface area contributed by atoms with Crippen molar-refractivity contribution >= 4 is 44.3 Å². The molecule has 1 aromatic rings. The van der Waals surface area contributed by atoms with Gasteiger partial charge in [0.1, 0.15) is 0 Å². The summed E-state index contributed by atoms with van der Waals surface area (Å²) >= 11 is 1.28. The number of nitrogens with zero attached hydrogens (tertiary/aromatic N) is 2. The van der Waals surface area contributed by atoms with Crippen LogP contribution >= 0.6 is 11.8 Å². The van der Waals surface area contributed by atoms with E-state index in [1.807, 2.05) is 0 Å². The number of carboxylic acids is 1. The summed E-state index contributed by atoms with van der Waals surface area (Å²) in [5.41, 5.74) is 0.679. The number of sulfone groups is 1. The molecule has 2 saturated heterocycles. The third kappa shape index (κ3) is 3.81. The lowest BCUT2D eigenvalue weighted by molar-refractivity contribution is -0.137. The maximum absolute atomic E-state index is 12.2. The SMILES string of the molecule is O=C(O)CCCC(=O)N=C1S[C@@H]2CS(=O)(=O)C[C@@H]2N1c1ccc2c(c1)OCO2. The van der Waals surface area contributed by atoms with Gasteiger partial charge in [-0.2, -0.15) is 4.99 Å². The number of carbonyl (C=O) groups excluding carboxylic acids is 1. The zero-order chi connectivity index (χ0) is 19.9. The van der Waals surface area contributed by atoms with Crippen LogP contribution < -0.4 is 14.4 Å². The van der Waals surface area contributed by atoms with Crippen LogP contribution in [0.2, 0.25) is 0 Å². The highest BCUT2D eigenvalue weighted by atomic mass is 32.2. The Kier molecular flexibility index (Phi) is 4.96. The predicted molar refractivity (Wildman–Crippen MR) is 103 cm³/mol. The molecule has 1 aromatic carbocycles. The number of ether oxygens (including phenoxy) is 2. The highest BCUT2D eigenvalue weighted by Crippen LogP contribution is 2.43. The number of hydrogen-bond donors (Lipinski definition) is 1. The molecule has 11 heteroatoms. The molecule has 0 radical (unpaired) electrons. The zero-order valence-electron chi connectivity index (χ0n) is 14.7. The van der Waals surface area contributed by atoms with Crippen LogP contribution in [0.5, 0.6) is 11.5 Å². The first-order valence-electron chi connectivity index (χ1n) is 8.72. The van der Waals surface area contributed by atoms with E-state index in [2.05, 4.69) is 4.99 Å². The van der Waals surface area contributed by atoms with Gasteiger partial charge in [0, 0.05) is 29.8 Å². The summed E-state index contributed by atoms with van der Waals surface area (Å²) in [6.45, 7) is 0.122. The van der Waals surface area contributed by atoms with Crippen molar-refractivity contribution in [1.29, 1.82) is 0 Å². The van der Waals surface area contributed by atoms with Crippen LogP contribution in [-0.4, -0.2) is 60.2 Å². The van der Waals surface area contributed by atoms with E-state index in [4.69, 9.17) is 14.6 Å². The fourth-order valence-corrected chi connectivity index (χ4v) is 7.39. The van der Waals surface area contributed by atoms with Crippen LogP contribution in [-0.2, 0) is 19.4 Å². The number of amidine groups is 1. The van der Waals surface area contributed by atoms with Crippen molar-refractivity contribution in [3.8, 4) is 11.5 Å². The van der Waals surface area contributed by atoms with Gasteiger partial charge in [-0.25, -0.2) is 8.42 Å². The van der Waals surface area contributed by atoms with Crippen LogP contribution in [0.1, 0.15) is 19.3 Å². The zero-order valence-corrected chi connectivity index (χ0v) is 16.4. The molecule has 2 atom stereocenters. The molecule has 3 heterocycles. The summed E-state index contributed by atoms with van der Waals surface area (Å²) in [6.07, 6.45) is 0.138. The number of hydrogen-bond acceptors (Lipinski definition) is 7. The number of benzene rings is 1. The lowest BCUT2D eigenvalue weighted by Gasteiger charge is -2.24. The Morgan fingerprint density at radius 3 is 2.79 bits per heavy atom. The molecular weight excluding hydrogens is 408 g/mol. The van der Waals surface area contributed by atoms with Crippen molar-refractivity contribution in [1.82, 2.24) is 0 Å². The van der Waals surface area contributed by atoms with E-state index in [9.17, 15) is 18.0 Å². The first-order chi connectivity index (χ1) is 13.3. The van der Waals surface area contributed by atoms with Gasteiger partial charge in [0.15, 0.2) is 26.5 Å². The van der Waals surface area contributed by atoms with E-state index >= 15 is 0 Å². The fourth-order valence-electron chi connectivity index (χ4n) is 3.45. The number of anilines is 1. The topological polar surface area (TPSA) is 123 Å². The maximum atomic E-state index is 12.2. The fraction of sp³-hybridized carbons (Fsp3) is 0.471. The summed E-state index contributed by atoms with van der Waals surface area (Å²) in [5.74, 6) is -0.191. The molecule has 0 unspecified atom stereocenters. The normalized spacial score (nSPS) is 25.9. The quantitative estimate of drug-likeness (QED) is 0.741. The summed E-state index contributed by atoms with van der Waals surface area (Å²) in [6, 6.07) is 4.96. The second-order valence-electron chi connectivity index (χ2n) is 6.74. The average molecular weight is 426 g/mol. The van der Waals surface area contributed by atoms with Crippen molar-refractivity contribution in [2.24, 2.45) is 4.99 Å². The van der Waals surface area contributed by atoms with Gasteiger partial charge in [0.05, 0.1) is 17.5 Å². The van der Waals surface area contributed by atoms with Gasteiger partial charge in [0.25, 0.3) is 0 Å². The van der Waals surface area contributed by atoms with Gasteiger partial charge in [-0.15, -0.1) is 0 Å². The minimum atomic E-state index is -3.16. The molecule has 9 nitrogen and oxygen atoms in total. The van der Waals surface area contributed by atoms with E-state index < -0.39 is 21.7 Å². The van der Waals surface area contributed by atoms with Gasteiger partial charge in [-0.3, -0.25) is 9.59 Å². The Bertz CT molecular complexity index is 960. The Balaban J connectivity index is 1.61. The van der Waals surface area contributed by atoms with Gasteiger partial charge in [0.2, 0.25) is 12.7 Å². The maximum Gasteiger partial charge on any atom is 0.303 e. The number of carboxylic acid groups (broad SMARTS) is 1. The Labute approximate surface area is 165 Å². The van der Waals surface area contributed by atoms with Crippen molar-refractivity contribution in [2.45, 2.75) is 30.6 Å². The van der Waals surface area contributed by atoms with Crippen molar-refractivity contribution < 1.29 is 32.6 Å². The minimum absolute atomic E-state index is 0.00860. The molecule has 150 valence electrons. The standard InChI is InChI=1S/C17H18N2O7S2/c20-15(2-1-3-16(21)22)18-17-19(11-7-28(23,24)8-14(11)27-17)10-4-5-12-13(6-10)26-9-25-12/h4-6,11,14H,1-3,7-9H2,(H,21,22)/t11-,14+/m0/s1. The van der Waals surface area contributed by atoms with E-state index in [0.717, 1.165) is 0 Å². The van der Waals surface area contributed by atoms with Crippen molar-refractivity contribution in [3.63, 3.8) is 0 Å². The molecule has 2 fully saturated rings. The number of fused-ring (bicyclic) bond motifs is 2. The number of amides is 1. The largest absolute Gasteiger partial charge is 0.481 e. The number of carbonyl (C=O) groups is 2. The number of thioether (sulfide) groups is 1. The van der Waals surface area contributed by atoms with Gasteiger partial charge in [-0.05, 0) is 18.6 Å². The molecule has 0 bridgehead atoms. The second-order valence-corrected chi connectivity index (χ2v) is 10.1. The number of rotatable bonds is 5. The van der Waals surface area contributed by atoms with E-state index in [-0.39, 0.29) is 48.9 Å². The number of aliphatic imine (C=N–C) groups is 1. The Morgan fingerprint density at radius 1 is 1.21 bits per heavy atom. The summed E-state index contributed by atoms with van der Waals surface area (Å²) in [5, 5.41) is 8.92. The first kappa shape index (κ1) is 19.1. The summed E-state index contributed by atoms with van der Waals surface area (Å²) in [4.78, 5) is 28.8. The van der Waals surface area contributed by atoms with E-state index in [1.54, 1.807) is 23.1 Å². The van der Waals surface area contributed by atoms with Crippen molar-refractivity contribution in [3.05, 3.63) is 18.2 Å². The highest BCUT2D eigenvalue weighted by molar-refractivity contribution is 8.16. The summed E-state index contributed by atoms with van der Waals surface area (Å²) < 4.78 is 34.9. The number of aliphatic carboxylic acids is 1. The van der Waals surface area contributed by atoms with Gasteiger partial charge in [-0.1, -0.05) is 11.8 Å².